The zero-order valence-corrected chi connectivity index (χ0v) is 17.2. The van der Waals surface area contributed by atoms with E-state index in [4.69, 9.17) is 5.73 Å². The van der Waals surface area contributed by atoms with E-state index in [9.17, 15) is 4.79 Å². The predicted octanol–water partition coefficient (Wildman–Crippen LogP) is 4.16. The van der Waals surface area contributed by atoms with Gasteiger partial charge >= 0.3 is 0 Å². The lowest BCUT2D eigenvalue weighted by atomic mass is 10.0. The summed E-state index contributed by atoms with van der Waals surface area (Å²) in [7, 11) is 0. The number of aryl methyl sites for hydroxylation is 1. The Morgan fingerprint density at radius 1 is 1.11 bits per heavy atom. The molecule has 0 radical (unpaired) electrons. The van der Waals surface area contributed by atoms with Crippen LogP contribution in [0.3, 0.4) is 0 Å². The van der Waals surface area contributed by atoms with Crippen LogP contribution < -0.4 is 11.1 Å². The van der Waals surface area contributed by atoms with Crippen molar-refractivity contribution in [3.63, 3.8) is 0 Å². The maximum absolute atomic E-state index is 12.8. The minimum absolute atomic E-state index is 0. The van der Waals surface area contributed by atoms with Crippen molar-refractivity contribution >= 4 is 18.3 Å². The third-order valence-corrected chi connectivity index (χ3v) is 4.59. The number of benzene rings is 2. The average molecular weight is 399 g/mol. The molecular weight excluding hydrogens is 372 g/mol. The highest BCUT2D eigenvalue weighted by molar-refractivity contribution is 5.95. The van der Waals surface area contributed by atoms with Crippen molar-refractivity contribution in [3.8, 4) is 5.69 Å². The first-order valence-corrected chi connectivity index (χ1v) is 9.21. The molecule has 3 N–H and O–H groups in total. The molecule has 0 bridgehead atoms. The number of nitrogens with two attached hydrogens (primary N) is 1. The van der Waals surface area contributed by atoms with Gasteiger partial charge in [0.2, 0.25) is 0 Å². The van der Waals surface area contributed by atoms with Gasteiger partial charge in [-0.1, -0.05) is 61.9 Å². The normalized spacial score (nSPS) is 11.8. The van der Waals surface area contributed by atoms with Crippen molar-refractivity contribution in [2.75, 3.05) is 6.54 Å². The van der Waals surface area contributed by atoms with Gasteiger partial charge in [-0.05, 0) is 30.5 Å². The Bertz CT molecular complexity index is 904. The van der Waals surface area contributed by atoms with Gasteiger partial charge in [0.1, 0.15) is 0 Å². The average Bonchev–Trinajstić information content (AvgIpc) is 3.12. The first-order chi connectivity index (χ1) is 13.0. The largest absolute Gasteiger partial charge is 0.350 e. The molecule has 0 spiro atoms. The summed E-state index contributed by atoms with van der Waals surface area (Å²) in [4.78, 5) is 12.8. The minimum Gasteiger partial charge on any atom is -0.350 e. The fraction of sp³-hybridized carbons (Fsp3) is 0.273. The molecule has 5 nitrogen and oxygen atoms in total. The Hall–Kier alpha value is -2.63. The molecule has 3 rings (SSSR count). The molecule has 1 amide bonds. The van der Waals surface area contributed by atoms with Crippen molar-refractivity contribution in [2.24, 2.45) is 5.73 Å². The van der Waals surface area contributed by atoms with Crippen molar-refractivity contribution < 1.29 is 4.79 Å². The molecule has 1 aromatic heterocycles. The van der Waals surface area contributed by atoms with E-state index >= 15 is 0 Å². The number of amides is 1. The van der Waals surface area contributed by atoms with Crippen LogP contribution >= 0.6 is 12.4 Å². The van der Waals surface area contributed by atoms with Gasteiger partial charge in [-0.15, -0.1) is 12.4 Å². The molecule has 0 saturated heterocycles. The zero-order chi connectivity index (χ0) is 19.4. The third-order valence-electron chi connectivity index (χ3n) is 4.59. The van der Waals surface area contributed by atoms with Crippen molar-refractivity contribution in [2.45, 2.75) is 32.7 Å². The van der Waals surface area contributed by atoms with Crippen LogP contribution in [-0.2, 0) is 0 Å². The Morgan fingerprint density at radius 2 is 1.75 bits per heavy atom. The number of hydrogen-bond donors (Lipinski definition) is 2. The summed E-state index contributed by atoms with van der Waals surface area (Å²) in [6, 6.07) is 17.6. The van der Waals surface area contributed by atoms with E-state index in [-0.39, 0.29) is 30.3 Å². The summed E-state index contributed by atoms with van der Waals surface area (Å²) in [6.45, 7) is 6.55. The summed E-state index contributed by atoms with van der Waals surface area (Å²) < 4.78 is 1.84. The van der Waals surface area contributed by atoms with E-state index < -0.39 is 0 Å². The van der Waals surface area contributed by atoms with Crippen LogP contribution in [-0.4, -0.2) is 22.2 Å². The SMILES string of the molecule is Cc1ccc(-n2ncc(C(=O)NCC(N)c3ccccc3)c2C(C)C)cc1.Cl. The molecule has 1 atom stereocenters. The van der Waals surface area contributed by atoms with Gasteiger partial charge in [-0.2, -0.15) is 5.10 Å². The fourth-order valence-corrected chi connectivity index (χ4v) is 3.10. The van der Waals surface area contributed by atoms with Crippen LogP contribution in [0, 0.1) is 6.92 Å². The van der Waals surface area contributed by atoms with Gasteiger partial charge < -0.3 is 11.1 Å². The van der Waals surface area contributed by atoms with E-state index in [0.29, 0.717) is 12.1 Å². The second kappa shape index (κ2) is 9.53. The molecule has 0 saturated carbocycles. The van der Waals surface area contributed by atoms with Crippen molar-refractivity contribution in [3.05, 3.63) is 83.2 Å². The van der Waals surface area contributed by atoms with Crippen LogP contribution in [0.15, 0.2) is 60.8 Å². The molecule has 0 fully saturated rings. The fourth-order valence-electron chi connectivity index (χ4n) is 3.10. The van der Waals surface area contributed by atoms with E-state index in [1.807, 2.05) is 66.2 Å². The second-order valence-corrected chi connectivity index (χ2v) is 7.07. The molecule has 2 aromatic carbocycles. The smallest absolute Gasteiger partial charge is 0.254 e. The first-order valence-electron chi connectivity index (χ1n) is 9.21. The lowest BCUT2D eigenvalue weighted by Crippen LogP contribution is -2.32. The number of aromatic nitrogens is 2. The minimum atomic E-state index is -0.246. The van der Waals surface area contributed by atoms with Crippen LogP contribution in [0.4, 0.5) is 0 Å². The van der Waals surface area contributed by atoms with E-state index in [2.05, 4.69) is 24.3 Å². The van der Waals surface area contributed by atoms with Gasteiger partial charge in [0.25, 0.3) is 5.91 Å². The highest BCUT2D eigenvalue weighted by atomic mass is 35.5. The second-order valence-electron chi connectivity index (χ2n) is 7.07. The summed E-state index contributed by atoms with van der Waals surface area (Å²) in [5.74, 6) is 0.000734. The van der Waals surface area contributed by atoms with Gasteiger partial charge in [0.05, 0.1) is 23.1 Å². The number of hydrogen-bond acceptors (Lipinski definition) is 3. The molecule has 0 aliphatic carbocycles. The summed E-state index contributed by atoms with van der Waals surface area (Å²) >= 11 is 0. The monoisotopic (exact) mass is 398 g/mol. The van der Waals surface area contributed by atoms with Gasteiger partial charge in [0.15, 0.2) is 0 Å². The molecule has 148 valence electrons. The zero-order valence-electron chi connectivity index (χ0n) is 16.4. The quantitative estimate of drug-likeness (QED) is 0.654. The summed E-state index contributed by atoms with van der Waals surface area (Å²) in [5, 5.41) is 7.42. The van der Waals surface area contributed by atoms with Crippen molar-refractivity contribution in [1.29, 1.82) is 0 Å². The van der Waals surface area contributed by atoms with Gasteiger partial charge in [-0.25, -0.2) is 4.68 Å². The summed E-state index contributed by atoms with van der Waals surface area (Å²) in [5.41, 5.74) is 10.8. The Kier molecular flexibility index (Phi) is 7.38. The van der Waals surface area contributed by atoms with Crippen LogP contribution in [0.2, 0.25) is 0 Å². The standard InChI is InChI=1S/C22H26N4O.ClH/c1-15(2)21-19(13-25-26(21)18-11-9-16(3)10-12-18)22(27)24-14-20(23)17-7-5-4-6-8-17;/h4-13,15,20H,14,23H2,1-3H3,(H,24,27);1H. The highest BCUT2D eigenvalue weighted by Gasteiger charge is 2.21. The molecule has 1 unspecified atom stereocenters. The van der Waals surface area contributed by atoms with Crippen molar-refractivity contribution in [1.82, 2.24) is 15.1 Å². The molecule has 6 heteroatoms. The molecule has 3 aromatic rings. The maximum atomic E-state index is 12.8. The molecule has 28 heavy (non-hydrogen) atoms. The predicted molar refractivity (Wildman–Crippen MR) is 115 cm³/mol. The lowest BCUT2D eigenvalue weighted by molar-refractivity contribution is 0.0950. The number of halogens is 1. The Balaban J connectivity index is 0.00000280. The molecule has 0 aliphatic heterocycles. The van der Waals surface area contributed by atoms with Crippen LogP contribution in [0.5, 0.6) is 0 Å². The Labute approximate surface area is 172 Å². The third kappa shape index (κ3) is 4.80. The number of carbonyl (C=O) groups is 1. The van der Waals surface area contributed by atoms with Gasteiger partial charge in [-0.3, -0.25) is 4.79 Å². The van der Waals surface area contributed by atoms with E-state index in [1.54, 1.807) is 6.20 Å². The van der Waals surface area contributed by atoms with Gasteiger partial charge in [0, 0.05) is 12.6 Å². The van der Waals surface area contributed by atoms with Crippen LogP contribution in [0.25, 0.3) is 5.69 Å². The highest BCUT2D eigenvalue weighted by Crippen LogP contribution is 2.23. The molecule has 0 aliphatic rings. The lowest BCUT2D eigenvalue weighted by Gasteiger charge is -2.15. The topological polar surface area (TPSA) is 72.9 Å². The number of nitrogens with one attached hydrogen (secondary N) is 1. The van der Waals surface area contributed by atoms with E-state index in [0.717, 1.165) is 16.9 Å². The maximum Gasteiger partial charge on any atom is 0.254 e. The van der Waals surface area contributed by atoms with Crippen LogP contribution in [0.1, 0.15) is 53.0 Å². The molecule has 1 heterocycles. The Morgan fingerprint density at radius 3 is 2.36 bits per heavy atom. The number of carbonyl (C=O) groups excluding carboxylic acids is 1. The molecular formula is C22H27ClN4O. The van der Waals surface area contributed by atoms with E-state index in [1.165, 1.54) is 5.56 Å². The number of nitrogens with zero attached hydrogens (tertiary/aromatic N) is 2. The summed E-state index contributed by atoms with van der Waals surface area (Å²) in [6.07, 6.45) is 1.64. The first kappa shape index (κ1) is 21.7. The number of rotatable bonds is 6.